The summed E-state index contributed by atoms with van der Waals surface area (Å²) in [6, 6.07) is 4.83. The Morgan fingerprint density at radius 3 is 2.62 bits per heavy atom. The van der Waals surface area contributed by atoms with Crippen LogP contribution in [0.5, 0.6) is 11.5 Å². The van der Waals surface area contributed by atoms with Crippen LogP contribution in [0.2, 0.25) is 0 Å². The molecular formula is C28H36F2O4. The largest absolute Gasteiger partial charge is 0.493 e. The van der Waals surface area contributed by atoms with Gasteiger partial charge in [-0.2, -0.15) is 8.78 Å². The predicted octanol–water partition coefficient (Wildman–Crippen LogP) is 6.26. The van der Waals surface area contributed by atoms with E-state index in [2.05, 4.69) is 18.6 Å². The molecule has 4 aliphatic carbocycles. The van der Waals surface area contributed by atoms with Crippen LogP contribution < -0.4 is 9.47 Å². The Morgan fingerprint density at radius 1 is 1.09 bits per heavy atom. The molecule has 1 aromatic rings. The van der Waals surface area contributed by atoms with Crippen LogP contribution in [-0.4, -0.2) is 30.7 Å². The average Bonchev–Trinajstić information content (AvgIpc) is 3.05. The van der Waals surface area contributed by atoms with Crippen molar-refractivity contribution in [2.45, 2.75) is 77.9 Å². The second kappa shape index (κ2) is 8.61. The lowest BCUT2D eigenvalue weighted by atomic mass is 9.45. The quantitative estimate of drug-likeness (QED) is 0.523. The van der Waals surface area contributed by atoms with Crippen molar-refractivity contribution >= 4 is 11.9 Å². The number of carbonyl (C=O) groups is 1. The molecule has 0 bridgehead atoms. The Morgan fingerprint density at radius 2 is 1.88 bits per heavy atom. The molecule has 7 atom stereocenters. The highest BCUT2D eigenvalue weighted by atomic mass is 19.3. The van der Waals surface area contributed by atoms with Crippen molar-refractivity contribution in [1.29, 1.82) is 0 Å². The summed E-state index contributed by atoms with van der Waals surface area (Å²) in [5, 5.41) is 10.3. The maximum Gasteiger partial charge on any atom is 0.387 e. The second-order valence-electron chi connectivity index (χ2n) is 11.5. The number of Topliss-reactive ketones (excluding diaryl/α,β-unsaturated/α-hetero) is 1. The fourth-order valence-corrected chi connectivity index (χ4v) is 8.20. The van der Waals surface area contributed by atoms with Gasteiger partial charge in [0.1, 0.15) is 0 Å². The van der Waals surface area contributed by atoms with Crippen LogP contribution in [0.15, 0.2) is 23.8 Å². The van der Waals surface area contributed by atoms with Crippen molar-refractivity contribution in [2.75, 3.05) is 7.11 Å². The molecule has 0 aliphatic heterocycles. The van der Waals surface area contributed by atoms with E-state index < -0.39 is 6.61 Å². The average molecular weight is 475 g/mol. The van der Waals surface area contributed by atoms with E-state index in [-0.39, 0.29) is 34.2 Å². The number of allylic oxidation sites excluding steroid dienone is 1. The van der Waals surface area contributed by atoms with Gasteiger partial charge in [0.05, 0.1) is 13.2 Å². The van der Waals surface area contributed by atoms with Gasteiger partial charge in [-0.05, 0) is 110 Å². The third-order valence-electron chi connectivity index (χ3n) is 10.0. The van der Waals surface area contributed by atoms with Crippen LogP contribution in [0.1, 0.15) is 70.8 Å². The van der Waals surface area contributed by atoms with E-state index >= 15 is 0 Å². The number of aliphatic hydroxyl groups excluding tert-OH is 1. The summed E-state index contributed by atoms with van der Waals surface area (Å²) in [6.45, 7) is 1.69. The minimum atomic E-state index is -2.92. The number of aliphatic hydroxyl groups is 1. The summed E-state index contributed by atoms with van der Waals surface area (Å²) in [5.74, 6) is 2.57. The molecule has 0 radical (unpaired) electrons. The highest BCUT2D eigenvalue weighted by molar-refractivity contribution is 6.06. The van der Waals surface area contributed by atoms with Gasteiger partial charge in [-0.25, -0.2) is 0 Å². The fourth-order valence-electron chi connectivity index (χ4n) is 8.20. The minimum Gasteiger partial charge on any atom is -0.493 e. The van der Waals surface area contributed by atoms with E-state index in [1.54, 1.807) is 12.1 Å². The summed E-state index contributed by atoms with van der Waals surface area (Å²) >= 11 is 0. The van der Waals surface area contributed by atoms with Crippen molar-refractivity contribution in [3.05, 3.63) is 29.3 Å². The number of hydrogen-bond acceptors (Lipinski definition) is 4. The van der Waals surface area contributed by atoms with Gasteiger partial charge in [0.15, 0.2) is 17.3 Å². The molecule has 0 heterocycles. The number of halogens is 2. The summed E-state index contributed by atoms with van der Waals surface area (Å²) < 4.78 is 35.1. The maximum atomic E-state index is 13.7. The molecular weight excluding hydrogens is 438 g/mol. The van der Waals surface area contributed by atoms with Gasteiger partial charge in [-0.15, -0.1) is 0 Å². The number of ketones is 1. The number of rotatable bonds is 4. The molecule has 4 aliphatic rings. The third-order valence-corrected chi connectivity index (χ3v) is 10.0. The first-order valence-electron chi connectivity index (χ1n) is 12.7. The monoisotopic (exact) mass is 474 g/mol. The molecule has 5 rings (SSSR count). The second-order valence-corrected chi connectivity index (χ2v) is 11.5. The molecule has 1 N–H and O–H groups in total. The van der Waals surface area contributed by atoms with Gasteiger partial charge < -0.3 is 14.6 Å². The molecule has 7 unspecified atom stereocenters. The molecule has 4 nitrogen and oxygen atoms in total. The van der Waals surface area contributed by atoms with E-state index in [4.69, 9.17) is 4.74 Å². The van der Waals surface area contributed by atoms with Gasteiger partial charge in [0, 0.05) is 5.41 Å². The molecule has 4 saturated carbocycles. The number of alkyl halides is 2. The maximum absolute atomic E-state index is 13.7. The first-order chi connectivity index (χ1) is 16.2. The number of carbonyl (C=O) groups excluding carboxylic acids is 1. The van der Waals surface area contributed by atoms with Gasteiger partial charge in [-0.1, -0.05) is 19.9 Å². The Bertz CT molecular complexity index is 991. The highest BCUT2D eigenvalue weighted by Gasteiger charge is 2.61. The highest BCUT2D eigenvalue weighted by Crippen LogP contribution is 2.66. The molecule has 0 aromatic heterocycles. The van der Waals surface area contributed by atoms with Crippen molar-refractivity contribution < 1.29 is 28.2 Å². The molecule has 186 valence electrons. The van der Waals surface area contributed by atoms with Crippen molar-refractivity contribution in [1.82, 2.24) is 0 Å². The fraction of sp³-hybridized carbons (Fsp3) is 0.679. The van der Waals surface area contributed by atoms with Crippen molar-refractivity contribution in [3.8, 4) is 11.5 Å². The lowest BCUT2D eigenvalue weighted by Gasteiger charge is -2.59. The zero-order chi connectivity index (χ0) is 24.3. The van der Waals surface area contributed by atoms with Crippen LogP contribution in [0.3, 0.4) is 0 Å². The normalized spacial score (nSPS) is 40.6. The molecule has 0 amide bonds. The van der Waals surface area contributed by atoms with E-state index in [0.717, 1.165) is 62.5 Å². The van der Waals surface area contributed by atoms with Crippen LogP contribution in [0, 0.1) is 34.5 Å². The Kier molecular flexibility index (Phi) is 6.02. The predicted molar refractivity (Wildman–Crippen MR) is 126 cm³/mol. The summed E-state index contributed by atoms with van der Waals surface area (Å²) in [5.41, 5.74) is 1.54. The van der Waals surface area contributed by atoms with Crippen LogP contribution >= 0.6 is 0 Å². The van der Waals surface area contributed by atoms with Crippen LogP contribution in [0.25, 0.3) is 6.08 Å². The van der Waals surface area contributed by atoms with Gasteiger partial charge in [-0.3, -0.25) is 4.79 Å². The van der Waals surface area contributed by atoms with E-state index in [1.165, 1.54) is 13.2 Å². The lowest BCUT2D eigenvalue weighted by Crippen LogP contribution is -2.54. The van der Waals surface area contributed by atoms with Gasteiger partial charge in [0.25, 0.3) is 0 Å². The minimum absolute atomic E-state index is 0.0107. The Balaban J connectivity index is 1.41. The Hall–Kier alpha value is -1.95. The number of benzene rings is 1. The van der Waals surface area contributed by atoms with Crippen molar-refractivity contribution in [3.63, 3.8) is 0 Å². The zero-order valence-corrected chi connectivity index (χ0v) is 20.4. The summed E-state index contributed by atoms with van der Waals surface area (Å²) in [6.07, 6.45) is 9.76. The number of fused-ring (bicyclic) bond motifs is 5. The van der Waals surface area contributed by atoms with Gasteiger partial charge >= 0.3 is 6.61 Å². The first-order valence-corrected chi connectivity index (χ1v) is 12.7. The van der Waals surface area contributed by atoms with E-state index in [1.807, 2.05) is 6.08 Å². The number of hydrogen-bond donors (Lipinski definition) is 1. The molecule has 0 spiro atoms. The summed E-state index contributed by atoms with van der Waals surface area (Å²) in [4.78, 5) is 13.7. The SMILES string of the molecule is COc1cc(C=C2CC3C4CCC5CC(O)CCC5(C)C4CCC3(C)C2=O)ccc1OC(F)F. The standard InChI is InChI=1S/C28H36F2O4/c1-27-10-8-19(31)15-18(27)5-6-20-21(27)9-11-28(2)22(20)14-17(25(28)32)12-16-4-7-23(34-26(29)30)24(13-16)33-3/h4,7,12-13,18-22,26,31H,5-6,8-11,14-15H2,1-3H3. The molecule has 6 heteroatoms. The van der Waals surface area contributed by atoms with Gasteiger partial charge in [0.2, 0.25) is 0 Å². The first kappa shape index (κ1) is 23.8. The lowest BCUT2D eigenvalue weighted by molar-refractivity contribution is -0.141. The van der Waals surface area contributed by atoms with E-state index in [0.29, 0.717) is 23.7 Å². The molecule has 0 saturated heterocycles. The zero-order valence-electron chi connectivity index (χ0n) is 20.4. The number of methoxy groups -OCH3 is 1. The van der Waals surface area contributed by atoms with Crippen molar-refractivity contribution in [2.24, 2.45) is 34.5 Å². The molecule has 4 fully saturated rings. The topological polar surface area (TPSA) is 55.8 Å². The third kappa shape index (κ3) is 3.77. The molecule has 1 aromatic carbocycles. The van der Waals surface area contributed by atoms with Crippen LogP contribution in [-0.2, 0) is 4.79 Å². The van der Waals surface area contributed by atoms with Crippen LogP contribution in [0.4, 0.5) is 8.78 Å². The molecule has 34 heavy (non-hydrogen) atoms. The summed E-state index contributed by atoms with van der Waals surface area (Å²) in [7, 11) is 1.42. The number of ether oxygens (including phenoxy) is 2. The van der Waals surface area contributed by atoms with E-state index in [9.17, 15) is 18.7 Å². The smallest absolute Gasteiger partial charge is 0.387 e. The Labute approximate surface area is 200 Å².